The molecule has 3 nitrogen and oxygen atoms in total. The first-order valence-electron chi connectivity index (χ1n) is 5.89. The van der Waals surface area contributed by atoms with E-state index in [4.69, 9.17) is 0 Å². The standard InChI is InChI=1S/C13H14BrN3/c1-17-12-2-3-16-7-11(12)10-5-9(14)4-8(6-15)13(10)17/h4-5,11-12,16H,2-3,7H2,1H3. The fourth-order valence-corrected chi connectivity index (χ4v) is 3.65. The number of rotatable bonds is 0. The number of benzene rings is 1. The lowest BCUT2D eigenvalue weighted by Crippen LogP contribution is -2.42. The summed E-state index contributed by atoms with van der Waals surface area (Å²) in [6, 6.07) is 6.95. The van der Waals surface area contributed by atoms with Crippen molar-refractivity contribution in [2.45, 2.75) is 18.4 Å². The number of anilines is 1. The summed E-state index contributed by atoms with van der Waals surface area (Å²) in [6.07, 6.45) is 1.15. The van der Waals surface area contributed by atoms with Crippen molar-refractivity contribution in [3.63, 3.8) is 0 Å². The van der Waals surface area contributed by atoms with Crippen LogP contribution >= 0.6 is 15.9 Å². The molecule has 2 unspecified atom stereocenters. The van der Waals surface area contributed by atoms with Crippen molar-refractivity contribution < 1.29 is 0 Å². The van der Waals surface area contributed by atoms with Gasteiger partial charge in [0.25, 0.3) is 0 Å². The third-order valence-corrected chi connectivity index (χ3v) is 4.38. The molecule has 3 rings (SSSR count). The highest BCUT2D eigenvalue weighted by Crippen LogP contribution is 2.45. The topological polar surface area (TPSA) is 39.1 Å². The van der Waals surface area contributed by atoms with Crippen LogP contribution in [-0.4, -0.2) is 26.2 Å². The molecule has 1 fully saturated rings. The highest BCUT2D eigenvalue weighted by Gasteiger charge is 2.39. The molecule has 0 bridgehead atoms. The lowest BCUT2D eigenvalue weighted by atomic mass is 9.90. The smallest absolute Gasteiger partial charge is 0.101 e. The maximum atomic E-state index is 9.26. The zero-order chi connectivity index (χ0) is 12.0. The number of hydrogen-bond donors (Lipinski definition) is 1. The monoisotopic (exact) mass is 291 g/mol. The molecule has 17 heavy (non-hydrogen) atoms. The normalized spacial score (nSPS) is 26.3. The molecule has 2 heterocycles. The number of nitriles is 1. The predicted octanol–water partition coefficient (Wildman–Crippen LogP) is 2.22. The van der Waals surface area contributed by atoms with Crippen LogP contribution in [0.3, 0.4) is 0 Å². The average molecular weight is 292 g/mol. The van der Waals surface area contributed by atoms with Gasteiger partial charge in [0, 0.05) is 30.0 Å². The Balaban J connectivity index is 2.17. The molecule has 0 radical (unpaired) electrons. The van der Waals surface area contributed by atoms with Gasteiger partial charge >= 0.3 is 0 Å². The van der Waals surface area contributed by atoms with Crippen LogP contribution in [0.1, 0.15) is 23.5 Å². The molecule has 0 spiro atoms. The molecule has 0 aromatic heterocycles. The van der Waals surface area contributed by atoms with E-state index >= 15 is 0 Å². The Morgan fingerprint density at radius 3 is 3.12 bits per heavy atom. The van der Waals surface area contributed by atoms with Crippen LogP contribution in [0.5, 0.6) is 0 Å². The van der Waals surface area contributed by atoms with Crippen LogP contribution in [0.2, 0.25) is 0 Å². The largest absolute Gasteiger partial charge is 0.370 e. The molecule has 88 valence electrons. The Morgan fingerprint density at radius 2 is 2.35 bits per heavy atom. The van der Waals surface area contributed by atoms with Gasteiger partial charge in [0.15, 0.2) is 0 Å². The molecule has 2 aliphatic heterocycles. The van der Waals surface area contributed by atoms with Crippen molar-refractivity contribution in [3.05, 3.63) is 27.7 Å². The van der Waals surface area contributed by atoms with Crippen molar-refractivity contribution in [1.29, 1.82) is 5.26 Å². The summed E-state index contributed by atoms with van der Waals surface area (Å²) in [5, 5.41) is 12.7. The molecule has 0 amide bonds. The van der Waals surface area contributed by atoms with Gasteiger partial charge in [-0.2, -0.15) is 5.26 Å². The van der Waals surface area contributed by atoms with Crippen LogP contribution in [0.25, 0.3) is 0 Å². The first-order valence-corrected chi connectivity index (χ1v) is 6.68. The molecule has 2 aliphatic rings. The Hall–Kier alpha value is -1.05. The molecule has 1 saturated heterocycles. The van der Waals surface area contributed by atoms with Crippen molar-refractivity contribution >= 4 is 21.6 Å². The Labute approximate surface area is 110 Å². The van der Waals surface area contributed by atoms with E-state index in [0.717, 1.165) is 35.2 Å². The summed E-state index contributed by atoms with van der Waals surface area (Å²) in [6.45, 7) is 2.09. The van der Waals surface area contributed by atoms with Gasteiger partial charge in [-0.3, -0.25) is 0 Å². The van der Waals surface area contributed by atoms with Gasteiger partial charge < -0.3 is 10.2 Å². The molecule has 1 aromatic carbocycles. The first-order chi connectivity index (χ1) is 8.22. The van der Waals surface area contributed by atoms with Crippen molar-refractivity contribution in [2.24, 2.45) is 0 Å². The summed E-state index contributed by atoms with van der Waals surface area (Å²) in [5.41, 5.74) is 3.23. The maximum Gasteiger partial charge on any atom is 0.101 e. The molecule has 0 aliphatic carbocycles. The first kappa shape index (κ1) is 11.1. The second-order valence-corrected chi connectivity index (χ2v) is 5.70. The number of likely N-dealkylation sites (N-methyl/N-ethyl adjacent to an activating group) is 1. The zero-order valence-electron chi connectivity index (χ0n) is 9.70. The van der Waals surface area contributed by atoms with E-state index in [2.05, 4.69) is 45.3 Å². The van der Waals surface area contributed by atoms with Crippen molar-refractivity contribution in [1.82, 2.24) is 5.32 Å². The molecule has 4 heteroatoms. The van der Waals surface area contributed by atoms with E-state index in [1.807, 2.05) is 6.07 Å². The maximum absolute atomic E-state index is 9.26. The molecular formula is C13H14BrN3. The number of halogens is 1. The Morgan fingerprint density at radius 1 is 1.53 bits per heavy atom. The van der Waals surface area contributed by atoms with Crippen LogP contribution in [0.15, 0.2) is 16.6 Å². The minimum absolute atomic E-state index is 0.522. The minimum Gasteiger partial charge on any atom is -0.370 e. The third kappa shape index (κ3) is 1.57. The molecule has 1 N–H and O–H groups in total. The van der Waals surface area contributed by atoms with Gasteiger partial charge in [-0.25, -0.2) is 0 Å². The molecule has 0 saturated carbocycles. The van der Waals surface area contributed by atoms with Gasteiger partial charge in [-0.05, 0) is 30.7 Å². The van der Waals surface area contributed by atoms with Gasteiger partial charge in [-0.1, -0.05) is 15.9 Å². The molecule has 1 aromatic rings. The summed E-state index contributed by atoms with van der Waals surface area (Å²) >= 11 is 3.50. The highest BCUT2D eigenvalue weighted by molar-refractivity contribution is 9.10. The van der Waals surface area contributed by atoms with Gasteiger partial charge in [0.1, 0.15) is 6.07 Å². The lowest BCUT2D eigenvalue weighted by molar-refractivity contribution is 0.413. The van der Waals surface area contributed by atoms with Crippen LogP contribution in [0, 0.1) is 11.3 Å². The fraction of sp³-hybridized carbons (Fsp3) is 0.462. The molecule has 2 atom stereocenters. The number of hydrogen-bond acceptors (Lipinski definition) is 3. The van der Waals surface area contributed by atoms with Gasteiger partial charge in [-0.15, -0.1) is 0 Å². The third-order valence-electron chi connectivity index (χ3n) is 3.92. The van der Waals surface area contributed by atoms with E-state index in [9.17, 15) is 5.26 Å². The SMILES string of the molecule is CN1c2c(C#N)cc(Br)cc2C2CNCCC21. The summed E-state index contributed by atoms with van der Waals surface area (Å²) < 4.78 is 1.01. The summed E-state index contributed by atoms with van der Waals surface area (Å²) in [7, 11) is 2.11. The quantitative estimate of drug-likeness (QED) is 0.797. The van der Waals surface area contributed by atoms with E-state index in [0.29, 0.717) is 12.0 Å². The fourth-order valence-electron chi connectivity index (χ4n) is 3.17. The van der Waals surface area contributed by atoms with Crippen LogP contribution < -0.4 is 10.2 Å². The second kappa shape index (κ2) is 4.01. The van der Waals surface area contributed by atoms with E-state index in [-0.39, 0.29) is 0 Å². The van der Waals surface area contributed by atoms with Crippen molar-refractivity contribution in [3.8, 4) is 6.07 Å². The van der Waals surface area contributed by atoms with E-state index in [1.54, 1.807) is 0 Å². The number of piperidine rings is 1. The van der Waals surface area contributed by atoms with Crippen LogP contribution in [0.4, 0.5) is 5.69 Å². The predicted molar refractivity (Wildman–Crippen MR) is 71.3 cm³/mol. The summed E-state index contributed by atoms with van der Waals surface area (Å²) in [4.78, 5) is 2.30. The van der Waals surface area contributed by atoms with Crippen LogP contribution in [-0.2, 0) is 0 Å². The van der Waals surface area contributed by atoms with Crippen molar-refractivity contribution in [2.75, 3.05) is 25.0 Å². The number of nitrogens with one attached hydrogen (secondary N) is 1. The minimum atomic E-state index is 0.522. The lowest BCUT2D eigenvalue weighted by Gasteiger charge is -2.31. The average Bonchev–Trinajstić information content (AvgIpc) is 2.63. The Bertz CT molecular complexity index is 506. The van der Waals surface area contributed by atoms with Gasteiger partial charge in [0.05, 0.1) is 11.3 Å². The van der Waals surface area contributed by atoms with E-state index < -0.39 is 0 Å². The zero-order valence-corrected chi connectivity index (χ0v) is 11.3. The molecular weight excluding hydrogens is 278 g/mol. The van der Waals surface area contributed by atoms with E-state index in [1.165, 1.54) is 5.56 Å². The number of nitrogens with zero attached hydrogens (tertiary/aromatic N) is 2. The highest BCUT2D eigenvalue weighted by atomic mass is 79.9. The number of fused-ring (bicyclic) bond motifs is 3. The summed E-state index contributed by atoms with van der Waals surface area (Å²) in [5.74, 6) is 0.522. The second-order valence-electron chi connectivity index (χ2n) is 4.78. The Kier molecular flexibility index (Phi) is 2.61. The van der Waals surface area contributed by atoms with Gasteiger partial charge in [0.2, 0.25) is 0 Å².